The Hall–Kier alpha value is -1.15. The number of likely N-dealkylation sites (tertiary alicyclic amines) is 1. The molecule has 2 nitrogen and oxygen atoms in total. The summed E-state index contributed by atoms with van der Waals surface area (Å²) < 4.78 is 0. The Morgan fingerprint density at radius 3 is 2.72 bits per heavy atom. The number of rotatable bonds is 4. The molecule has 1 heterocycles. The van der Waals surface area contributed by atoms with Crippen molar-refractivity contribution >= 4 is 5.78 Å². The van der Waals surface area contributed by atoms with Crippen LogP contribution >= 0.6 is 0 Å². The topological polar surface area (TPSA) is 20.3 Å². The normalized spacial score (nSPS) is 24.4. The summed E-state index contributed by atoms with van der Waals surface area (Å²) in [6.45, 7) is 7.04. The molecule has 1 aromatic carbocycles. The first-order chi connectivity index (χ1) is 8.63. The van der Waals surface area contributed by atoms with E-state index in [1.807, 2.05) is 31.2 Å². The fourth-order valence-corrected chi connectivity index (χ4v) is 2.99. The smallest absolute Gasteiger partial charge is 0.177 e. The Kier molecular flexibility index (Phi) is 4.18. The third-order valence-corrected chi connectivity index (χ3v) is 4.20. The van der Waals surface area contributed by atoms with Gasteiger partial charge in [0.25, 0.3) is 0 Å². The average Bonchev–Trinajstić information content (AvgIpc) is 2.71. The molecule has 1 saturated heterocycles. The Balaban J connectivity index is 2.09. The van der Waals surface area contributed by atoms with Crippen molar-refractivity contribution in [2.24, 2.45) is 0 Å². The monoisotopic (exact) mass is 245 g/mol. The minimum absolute atomic E-state index is 0.264. The second-order valence-electron chi connectivity index (χ2n) is 5.40. The van der Waals surface area contributed by atoms with Crippen molar-refractivity contribution in [3.05, 3.63) is 35.4 Å². The lowest BCUT2D eigenvalue weighted by Crippen LogP contribution is -2.38. The van der Waals surface area contributed by atoms with Crippen LogP contribution in [0.2, 0.25) is 0 Å². The predicted molar refractivity (Wildman–Crippen MR) is 75.0 cm³/mol. The minimum Gasteiger partial charge on any atom is -0.293 e. The summed E-state index contributed by atoms with van der Waals surface area (Å²) in [5, 5.41) is 0. The number of carbonyl (C=O) groups is 1. The van der Waals surface area contributed by atoms with Crippen LogP contribution in [0.25, 0.3) is 0 Å². The number of benzene rings is 1. The fraction of sp³-hybridized carbons (Fsp3) is 0.562. The molecule has 0 aromatic heterocycles. The first kappa shape index (κ1) is 13.3. The molecule has 0 saturated carbocycles. The summed E-state index contributed by atoms with van der Waals surface area (Å²) in [5.74, 6) is 0.264. The quantitative estimate of drug-likeness (QED) is 0.757. The van der Waals surface area contributed by atoms with Crippen LogP contribution in [-0.2, 0) is 0 Å². The molecule has 2 unspecified atom stereocenters. The van der Waals surface area contributed by atoms with Crippen LogP contribution in [0.5, 0.6) is 0 Å². The number of Topliss-reactive ketones (excluding diaryl/α,β-unsaturated/α-hetero) is 1. The highest BCUT2D eigenvalue weighted by Crippen LogP contribution is 2.26. The molecule has 0 amide bonds. The lowest BCUT2D eigenvalue weighted by Gasteiger charge is -2.27. The standard InChI is InChI=1S/C16H23NO/c1-4-14-10-9-13(3)17(14)11-16(18)15-8-6-5-7-12(15)2/h5-8,13-14H,4,9-11H2,1-3H3. The molecule has 2 heteroatoms. The lowest BCUT2D eigenvalue weighted by atomic mass is 10.0. The van der Waals surface area contributed by atoms with Crippen molar-refractivity contribution in [2.75, 3.05) is 6.54 Å². The third-order valence-electron chi connectivity index (χ3n) is 4.20. The van der Waals surface area contributed by atoms with Crippen molar-refractivity contribution in [3.8, 4) is 0 Å². The van der Waals surface area contributed by atoms with Crippen molar-refractivity contribution in [1.82, 2.24) is 4.90 Å². The van der Waals surface area contributed by atoms with Gasteiger partial charge in [-0.25, -0.2) is 0 Å². The summed E-state index contributed by atoms with van der Waals surface area (Å²) in [5.41, 5.74) is 1.97. The predicted octanol–water partition coefficient (Wildman–Crippen LogP) is 3.44. The number of ketones is 1. The number of hydrogen-bond acceptors (Lipinski definition) is 2. The van der Waals surface area contributed by atoms with Crippen LogP contribution in [0.1, 0.15) is 49.0 Å². The van der Waals surface area contributed by atoms with Gasteiger partial charge in [-0.2, -0.15) is 0 Å². The highest BCUT2D eigenvalue weighted by molar-refractivity contribution is 5.98. The SMILES string of the molecule is CCC1CCC(C)N1CC(=O)c1ccccc1C. The highest BCUT2D eigenvalue weighted by atomic mass is 16.1. The summed E-state index contributed by atoms with van der Waals surface area (Å²) >= 11 is 0. The summed E-state index contributed by atoms with van der Waals surface area (Å²) in [7, 11) is 0. The summed E-state index contributed by atoms with van der Waals surface area (Å²) in [6, 6.07) is 9.03. The van der Waals surface area contributed by atoms with E-state index in [0.717, 1.165) is 17.5 Å². The molecular weight excluding hydrogens is 222 g/mol. The molecule has 1 aliphatic heterocycles. The van der Waals surface area contributed by atoms with Gasteiger partial charge in [-0.15, -0.1) is 0 Å². The molecule has 98 valence electrons. The van der Waals surface area contributed by atoms with E-state index in [-0.39, 0.29) is 5.78 Å². The molecule has 0 N–H and O–H groups in total. The number of carbonyl (C=O) groups excluding carboxylic acids is 1. The van der Waals surface area contributed by atoms with Gasteiger partial charge in [0.05, 0.1) is 6.54 Å². The van der Waals surface area contributed by atoms with E-state index in [2.05, 4.69) is 18.7 Å². The van der Waals surface area contributed by atoms with Crippen LogP contribution in [-0.4, -0.2) is 29.3 Å². The van der Waals surface area contributed by atoms with Crippen LogP contribution in [0.15, 0.2) is 24.3 Å². The highest BCUT2D eigenvalue weighted by Gasteiger charge is 2.30. The Morgan fingerprint density at radius 1 is 1.33 bits per heavy atom. The number of hydrogen-bond donors (Lipinski definition) is 0. The van der Waals surface area contributed by atoms with E-state index in [4.69, 9.17) is 0 Å². The van der Waals surface area contributed by atoms with Crippen molar-refractivity contribution in [1.29, 1.82) is 0 Å². The summed E-state index contributed by atoms with van der Waals surface area (Å²) in [6.07, 6.45) is 3.60. The average molecular weight is 245 g/mol. The molecule has 0 bridgehead atoms. The van der Waals surface area contributed by atoms with Crippen LogP contribution in [0.3, 0.4) is 0 Å². The van der Waals surface area contributed by atoms with Gasteiger partial charge >= 0.3 is 0 Å². The maximum Gasteiger partial charge on any atom is 0.177 e. The molecular formula is C16H23NO. The van der Waals surface area contributed by atoms with E-state index >= 15 is 0 Å². The third kappa shape index (κ3) is 2.64. The van der Waals surface area contributed by atoms with E-state index < -0.39 is 0 Å². The second kappa shape index (κ2) is 5.66. The Bertz CT molecular complexity index is 427. The Labute approximate surface area is 110 Å². The second-order valence-corrected chi connectivity index (χ2v) is 5.40. The van der Waals surface area contributed by atoms with Crippen LogP contribution < -0.4 is 0 Å². The lowest BCUT2D eigenvalue weighted by molar-refractivity contribution is 0.0888. The molecule has 0 radical (unpaired) electrons. The maximum absolute atomic E-state index is 12.4. The van der Waals surface area contributed by atoms with Gasteiger partial charge in [0.1, 0.15) is 0 Å². The first-order valence-corrected chi connectivity index (χ1v) is 6.98. The van der Waals surface area contributed by atoms with E-state index in [1.54, 1.807) is 0 Å². The van der Waals surface area contributed by atoms with Gasteiger partial charge in [0.15, 0.2) is 5.78 Å². The zero-order valence-electron chi connectivity index (χ0n) is 11.6. The zero-order chi connectivity index (χ0) is 13.1. The van der Waals surface area contributed by atoms with Crippen LogP contribution in [0.4, 0.5) is 0 Å². The van der Waals surface area contributed by atoms with E-state index in [9.17, 15) is 4.79 Å². The molecule has 2 atom stereocenters. The van der Waals surface area contributed by atoms with Crippen LogP contribution in [0, 0.1) is 6.92 Å². The molecule has 1 aliphatic rings. The van der Waals surface area contributed by atoms with Gasteiger partial charge in [-0.05, 0) is 38.7 Å². The molecule has 0 spiro atoms. The fourth-order valence-electron chi connectivity index (χ4n) is 2.99. The summed E-state index contributed by atoms with van der Waals surface area (Å²) in [4.78, 5) is 14.8. The molecule has 2 rings (SSSR count). The first-order valence-electron chi connectivity index (χ1n) is 6.98. The molecule has 1 fully saturated rings. The van der Waals surface area contributed by atoms with Gasteiger partial charge < -0.3 is 0 Å². The number of aryl methyl sites for hydroxylation is 1. The van der Waals surface area contributed by atoms with E-state index in [0.29, 0.717) is 18.6 Å². The maximum atomic E-state index is 12.4. The van der Waals surface area contributed by atoms with E-state index in [1.165, 1.54) is 12.8 Å². The van der Waals surface area contributed by atoms with Crippen molar-refractivity contribution in [3.63, 3.8) is 0 Å². The minimum atomic E-state index is 0.264. The largest absolute Gasteiger partial charge is 0.293 e. The molecule has 1 aromatic rings. The van der Waals surface area contributed by atoms with Gasteiger partial charge in [0, 0.05) is 17.6 Å². The van der Waals surface area contributed by atoms with Gasteiger partial charge in [0.2, 0.25) is 0 Å². The van der Waals surface area contributed by atoms with Crippen molar-refractivity contribution < 1.29 is 4.79 Å². The Morgan fingerprint density at radius 2 is 2.06 bits per heavy atom. The molecule has 18 heavy (non-hydrogen) atoms. The molecule has 0 aliphatic carbocycles. The number of nitrogens with zero attached hydrogens (tertiary/aromatic N) is 1. The van der Waals surface area contributed by atoms with Gasteiger partial charge in [-0.3, -0.25) is 9.69 Å². The zero-order valence-corrected chi connectivity index (χ0v) is 11.6. The van der Waals surface area contributed by atoms with Gasteiger partial charge in [-0.1, -0.05) is 31.2 Å². The van der Waals surface area contributed by atoms with Crippen molar-refractivity contribution in [2.45, 2.75) is 52.1 Å².